The van der Waals surface area contributed by atoms with Gasteiger partial charge in [-0.25, -0.2) is 9.37 Å². The molecule has 1 N–H and O–H groups in total. The van der Waals surface area contributed by atoms with Gasteiger partial charge >= 0.3 is 0 Å². The normalized spacial score (nSPS) is 16.4. The van der Waals surface area contributed by atoms with E-state index in [4.69, 9.17) is 4.74 Å². The summed E-state index contributed by atoms with van der Waals surface area (Å²) in [5.41, 5.74) is 0.695. The first-order valence-corrected chi connectivity index (χ1v) is 7.96. The first kappa shape index (κ1) is 16.2. The van der Waals surface area contributed by atoms with Crippen LogP contribution in [0.5, 0.6) is 0 Å². The van der Waals surface area contributed by atoms with Crippen LogP contribution in [-0.4, -0.2) is 37.3 Å². The number of hydrogen-bond acceptors (Lipinski definition) is 4. The van der Waals surface area contributed by atoms with Gasteiger partial charge in [-0.2, -0.15) is 0 Å². The quantitative estimate of drug-likeness (QED) is 0.785. The van der Waals surface area contributed by atoms with Crippen LogP contribution in [0, 0.1) is 5.82 Å². The van der Waals surface area contributed by atoms with Gasteiger partial charge in [0.05, 0.1) is 6.10 Å². The second-order valence-corrected chi connectivity index (χ2v) is 5.43. The van der Waals surface area contributed by atoms with Gasteiger partial charge in [0.1, 0.15) is 0 Å². The Morgan fingerprint density at radius 1 is 1.38 bits per heavy atom. The molecule has 1 aliphatic rings. The Morgan fingerprint density at radius 2 is 2.14 bits per heavy atom. The molecule has 2 heterocycles. The van der Waals surface area contributed by atoms with Crippen molar-refractivity contribution in [3.63, 3.8) is 0 Å². The highest BCUT2D eigenvalue weighted by Gasteiger charge is 2.23. The van der Waals surface area contributed by atoms with Crippen molar-refractivity contribution in [3.05, 3.63) is 23.6 Å². The van der Waals surface area contributed by atoms with E-state index in [9.17, 15) is 4.39 Å². The molecule has 0 aliphatic carbocycles. The number of ether oxygens (including phenoxy) is 1. The largest absolute Gasteiger partial charge is 0.378 e. The topological polar surface area (TPSA) is 37.4 Å². The molecule has 0 aromatic carbocycles. The minimum Gasteiger partial charge on any atom is -0.378 e. The minimum absolute atomic E-state index is 0.184. The second kappa shape index (κ2) is 8.29. The van der Waals surface area contributed by atoms with Crippen molar-refractivity contribution in [3.8, 4) is 0 Å². The van der Waals surface area contributed by atoms with Crippen molar-refractivity contribution < 1.29 is 9.13 Å². The van der Waals surface area contributed by atoms with Crippen LogP contribution >= 0.6 is 0 Å². The van der Waals surface area contributed by atoms with Crippen LogP contribution in [0.3, 0.4) is 0 Å². The Balaban J connectivity index is 1.98. The Kier molecular flexibility index (Phi) is 6.39. The predicted molar refractivity (Wildman–Crippen MR) is 83.1 cm³/mol. The van der Waals surface area contributed by atoms with Crippen molar-refractivity contribution >= 4 is 5.82 Å². The highest BCUT2D eigenvalue weighted by molar-refractivity contribution is 5.43. The lowest BCUT2D eigenvalue weighted by Crippen LogP contribution is -2.38. The minimum atomic E-state index is -0.184. The van der Waals surface area contributed by atoms with E-state index in [2.05, 4.69) is 17.2 Å². The summed E-state index contributed by atoms with van der Waals surface area (Å²) < 4.78 is 20.2. The molecule has 1 saturated heterocycles. The van der Waals surface area contributed by atoms with E-state index in [-0.39, 0.29) is 5.82 Å². The zero-order chi connectivity index (χ0) is 15.1. The molecule has 0 atom stereocenters. The predicted octanol–water partition coefficient (Wildman–Crippen LogP) is 2.73. The Bertz CT molecular complexity index is 434. The van der Waals surface area contributed by atoms with Gasteiger partial charge in [-0.3, -0.25) is 0 Å². The number of pyridine rings is 1. The number of halogens is 1. The van der Waals surface area contributed by atoms with Gasteiger partial charge < -0.3 is 15.0 Å². The van der Waals surface area contributed by atoms with Gasteiger partial charge in [-0.15, -0.1) is 0 Å². The Labute approximate surface area is 126 Å². The van der Waals surface area contributed by atoms with Crippen molar-refractivity contribution in [2.45, 2.75) is 45.8 Å². The third kappa shape index (κ3) is 4.38. The molecule has 4 nitrogen and oxygen atoms in total. The number of nitrogens with one attached hydrogen (secondary N) is 1. The van der Waals surface area contributed by atoms with Crippen LogP contribution in [0.4, 0.5) is 10.2 Å². The molecule has 1 aromatic heterocycles. The lowest BCUT2D eigenvalue weighted by atomic mass is 10.1. The molecule has 1 aliphatic heterocycles. The van der Waals surface area contributed by atoms with Crippen molar-refractivity contribution in [2.75, 3.05) is 31.1 Å². The van der Waals surface area contributed by atoms with Crippen LogP contribution in [0.2, 0.25) is 0 Å². The Hall–Kier alpha value is -1.20. The fourth-order valence-electron chi connectivity index (χ4n) is 2.70. The van der Waals surface area contributed by atoms with Gasteiger partial charge in [-0.1, -0.05) is 6.92 Å². The van der Waals surface area contributed by atoms with Gasteiger partial charge in [0.25, 0.3) is 0 Å². The molecule has 118 valence electrons. The molecule has 1 fully saturated rings. The third-order valence-corrected chi connectivity index (χ3v) is 3.84. The summed E-state index contributed by atoms with van der Waals surface area (Å²) in [6.07, 6.45) is 4.94. The zero-order valence-electron chi connectivity index (χ0n) is 13.1. The van der Waals surface area contributed by atoms with Gasteiger partial charge in [0, 0.05) is 38.0 Å². The molecule has 1 aromatic rings. The maximum atomic E-state index is 14.6. The van der Waals surface area contributed by atoms with Gasteiger partial charge in [-0.05, 0) is 38.8 Å². The van der Waals surface area contributed by atoms with Crippen molar-refractivity contribution in [1.82, 2.24) is 10.3 Å². The number of rotatable bonds is 7. The summed E-state index contributed by atoms with van der Waals surface area (Å²) in [4.78, 5) is 6.28. The zero-order valence-corrected chi connectivity index (χ0v) is 13.1. The highest BCUT2D eigenvalue weighted by Crippen LogP contribution is 2.24. The summed E-state index contributed by atoms with van der Waals surface area (Å²) in [5.74, 6) is 0.303. The SMILES string of the molecule is CCCNCc1ccnc(N2CCC(OCC)CC2)c1F. The van der Waals surface area contributed by atoms with Crippen LogP contribution in [0.1, 0.15) is 38.7 Å². The lowest BCUT2D eigenvalue weighted by molar-refractivity contribution is 0.0457. The van der Waals surface area contributed by atoms with E-state index in [0.29, 0.717) is 24.0 Å². The smallest absolute Gasteiger partial charge is 0.170 e. The summed E-state index contributed by atoms with van der Waals surface area (Å²) in [6, 6.07) is 1.76. The second-order valence-electron chi connectivity index (χ2n) is 5.43. The fraction of sp³-hybridized carbons (Fsp3) is 0.688. The number of aromatic nitrogens is 1. The first-order valence-electron chi connectivity index (χ1n) is 7.96. The summed E-state index contributed by atoms with van der Waals surface area (Å²) in [7, 11) is 0. The maximum absolute atomic E-state index is 14.6. The molecule has 0 unspecified atom stereocenters. The van der Waals surface area contributed by atoms with Crippen LogP contribution in [-0.2, 0) is 11.3 Å². The van der Waals surface area contributed by atoms with Crippen LogP contribution in [0.25, 0.3) is 0 Å². The lowest BCUT2D eigenvalue weighted by Gasteiger charge is -2.32. The van der Waals surface area contributed by atoms with Crippen molar-refractivity contribution in [1.29, 1.82) is 0 Å². The average molecular weight is 295 g/mol. The monoisotopic (exact) mass is 295 g/mol. The number of anilines is 1. The van der Waals surface area contributed by atoms with E-state index in [1.54, 1.807) is 12.3 Å². The summed E-state index contributed by atoms with van der Waals surface area (Å²) in [6.45, 7) is 7.93. The van der Waals surface area contributed by atoms with E-state index < -0.39 is 0 Å². The average Bonchev–Trinajstić information content (AvgIpc) is 2.51. The molecule has 5 heteroatoms. The fourth-order valence-corrected chi connectivity index (χ4v) is 2.70. The van der Waals surface area contributed by atoms with Gasteiger partial charge in [0.2, 0.25) is 0 Å². The van der Waals surface area contributed by atoms with E-state index >= 15 is 0 Å². The molecule has 21 heavy (non-hydrogen) atoms. The van der Waals surface area contributed by atoms with Crippen LogP contribution in [0.15, 0.2) is 12.3 Å². The molecule has 0 saturated carbocycles. The number of hydrogen-bond donors (Lipinski definition) is 1. The van der Waals surface area contributed by atoms with Crippen molar-refractivity contribution in [2.24, 2.45) is 0 Å². The van der Waals surface area contributed by atoms with E-state index in [0.717, 1.165) is 45.5 Å². The van der Waals surface area contributed by atoms with Gasteiger partial charge in [0.15, 0.2) is 11.6 Å². The standard InChI is InChI=1S/C16H26FN3O/c1-3-8-18-12-13-5-9-19-16(15(13)17)20-10-6-14(7-11-20)21-4-2/h5,9,14,18H,3-4,6-8,10-12H2,1-2H3. The third-order valence-electron chi connectivity index (χ3n) is 3.84. The summed E-state index contributed by atoms with van der Waals surface area (Å²) >= 11 is 0. The molecular weight excluding hydrogens is 269 g/mol. The summed E-state index contributed by atoms with van der Waals surface area (Å²) in [5, 5.41) is 3.24. The number of piperidine rings is 1. The first-order chi connectivity index (χ1) is 10.3. The number of nitrogens with zero attached hydrogens (tertiary/aromatic N) is 2. The maximum Gasteiger partial charge on any atom is 0.170 e. The molecule has 2 rings (SSSR count). The molecule has 0 radical (unpaired) electrons. The molecule has 0 bridgehead atoms. The van der Waals surface area contributed by atoms with E-state index in [1.165, 1.54) is 0 Å². The molecular formula is C16H26FN3O. The Morgan fingerprint density at radius 3 is 2.81 bits per heavy atom. The molecule has 0 spiro atoms. The van der Waals surface area contributed by atoms with E-state index in [1.807, 2.05) is 11.8 Å². The highest BCUT2D eigenvalue weighted by atomic mass is 19.1. The molecule has 0 amide bonds. The van der Waals surface area contributed by atoms with Crippen LogP contribution < -0.4 is 10.2 Å².